The Bertz CT molecular complexity index is 679. The zero-order chi connectivity index (χ0) is 19.9. The fourth-order valence-corrected chi connectivity index (χ4v) is 3.80. The van der Waals surface area contributed by atoms with E-state index in [1.807, 2.05) is 23.1 Å². The zero-order valence-corrected chi connectivity index (χ0v) is 16.7. The predicted molar refractivity (Wildman–Crippen MR) is 105 cm³/mol. The van der Waals surface area contributed by atoms with E-state index in [2.05, 4.69) is 5.32 Å². The summed E-state index contributed by atoms with van der Waals surface area (Å²) in [6, 6.07) is 5.87. The fraction of sp³-hybridized carbons (Fsp3) is 0.619. The molecule has 154 valence electrons. The molecule has 0 bridgehead atoms. The molecule has 1 atom stereocenters. The summed E-state index contributed by atoms with van der Waals surface area (Å²) in [7, 11) is 3.21. The van der Waals surface area contributed by atoms with E-state index in [1.54, 1.807) is 14.2 Å². The molecule has 2 amide bonds. The van der Waals surface area contributed by atoms with Crippen LogP contribution in [-0.2, 0) is 20.7 Å². The van der Waals surface area contributed by atoms with Crippen molar-refractivity contribution in [2.45, 2.75) is 50.7 Å². The van der Waals surface area contributed by atoms with Crippen LogP contribution < -0.4 is 14.8 Å². The van der Waals surface area contributed by atoms with Crippen molar-refractivity contribution in [1.82, 2.24) is 10.2 Å². The predicted octanol–water partition coefficient (Wildman–Crippen LogP) is 1.92. The molecule has 0 aliphatic carbocycles. The minimum Gasteiger partial charge on any atom is -0.493 e. The van der Waals surface area contributed by atoms with E-state index >= 15 is 0 Å². The average Bonchev–Trinajstić information content (AvgIpc) is 3.27. The third-order valence-corrected chi connectivity index (χ3v) is 5.49. The number of ether oxygens (including phenoxy) is 3. The van der Waals surface area contributed by atoms with Gasteiger partial charge in [0.15, 0.2) is 11.5 Å². The van der Waals surface area contributed by atoms with Crippen LogP contribution in [0.3, 0.4) is 0 Å². The van der Waals surface area contributed by atoms with E-state index in [4.69, 9.17) is 14.2 Å². The van der Waals surface area contributed by atoms with Gasteiger partial charge in [-0.3, -0.25) is 9.59 Å². The van der Waals surface area contributed by atoms with Gasteiger partial charge in [0.1, 0.15) is 6.10 Å². The molecule has 1 unspecified atom stereocenters. The van der Waals surface area contributed by atoms with E-state index in [9.17, 15) is 9.59 Å². The van der Waals surface area contributed by atoms with Gasteiger partial charge < -0.3 is 24.4 Å². The Hall–Kier alpha value is -2.28. The van der Waals surface area contributed by atoms with Crippen LogP contribution in [-0.4, -0.2) is 62.8 Å². The maximum Gasteiger partial charge on any atom is 0.249 e. The number of hydrogen-bond donors (Lipinski definition) is 1. The zero-order valence-electron chi connectivity index (χ0n) is 16.7. The van der Waals surface area contributed by atoms with Gasteiger partial charge in [0, 0.05) is 32.2 Å². The highest BCUT2D eigenvalue weighted by atomic mass is 16.5. The van der Waals surface area contributed by atoms with Crippen LogP contribution in [0, 0.1) is 0 Å². The van der Waals surface area contributed by atoms with Crippen LogP contribution in [0.2, 0.25) is 0 Å². The van der Waals surface area contributed by atoms with Crippen molar-refractivity contribution in [2.24, 2.45) is 0 Å². The van der Waals surface area contributed by atoms with Gasteiger partial charge in [-0.05, 0) is 49.8 Å². The molecule has 7 heteroatoms. The van der Waals surface area contributed by atoms with Crippen LogP contribution in [0.5, 0.6) is 11.5 Å². The lowest BCUT2D eigenvalue weighted by Gasteiger charge is -2.33. The minimum absolute atomic E-state index is 0.00395. The van der Waals surface area contributed by atoms with Crippen molar-refractivity contribution in [2.75, 3.05) is 33.9 Å². The highest BCUT2D eigenvalue weighted by Gasteiger charge is 2.28. The van der Waals surface area contributed by atoms with Gasteiger partial charge in [-0.2, -0.15) is 0 Å². The third-order valence-electron chi connectivity index (χ3n) is 5.49. The van der Waals surface area contributed by atoms with Gasteiger partial charge in [-0.1, -0.05) is 6.07 Å². The first kappa shape index (κ1) is 20.5. The number of carbonyl (C=O) groups excluding carboxylic acids is 2. The maximum atomic E-state index is 12.5. The highest BCUT2D eigenvalue weighted by molar-refractivity contribution is 5.81. The monoisotopic (exact) mass is 390 g/mol. The second-order valence-electron chi connectivity index (χ2n) is 7.35. The van der Waals surface area contributed by atoms with E-state index in [-0.39, 0.29) is 24.0 Å². The summed E-state index contributed by atoms with van der Waals surface area (Å²) in [5.74, 6) is 1.51. The van der Waals surface area contributed by atoms with Crippen molar-refractivity contribution in [3.63, 3.8) is 0 Å². The summed E-state index contributed by atoms with van der Waals surface area (Å²) in [6.45, 7) is 2.04. The van der Waals surface area contributed by atoms with Crippen molar-refractivity contribution < 1.29 is 23.8 Å². The van der Waals surface area contributed by atoms with Gasteiger partial charge in [-0.25, -0.2) is 0 Å². The molecule has 1 aromatic rings. The van der Waals surface area contributed by atoms with Crippen molar-refractivity contribution in [3.05, 3.63) is 23.8 Å². The van der Waals surface area contributed by atoms with Crippen LogP contribution in [0.25, 0.3) is 0 Å². The average molecular weight is 390 g/mol. The number of nitrogens with one attached hydrogen (secondary N) is 1. The Morgan fingerprint density at radius 2 is 1.89 bits per heavy atom. The first-order valence-electron chi connectivity index (χ1n) is 10.0. The van der Waals surface area contributed by atoms with Gasteiger partial charge in [0.2, 0.25) is 11.8 Å². The molecule has 7 nitrogen and oxygen atoms in total. The molecule has 28 heavy (non-hydrogen) atoms. The second-order valence-corrected chi connectivity index (χ2v) is 7.35. The van der Waals surface area contributed by atoms with Crippen LogP contribution >= 0.6 is 0 Å². The number of nitrogens with zero attached hydrogens (tertiary/aromatic N) is 1. The minimum atomic E-state index is -0.291. The summed E-state index contributed by atoms with van der Waals surface area (Å²) in [6.07, 6.45) is 4.17. The SMILES string of the molecule is COc1ccc(CCC(=O)N2CCC(NC(=O)C3CCCO3)CC2)cc1OC. The largest absolute Gasteiger partial charge is 0.493 e. The standard InChI is InChI=1S/C21H30N2O5/c1-26-17-7-5-15(14-19(17)27-2)6-8-20(24)23-11-9-16(10-12-23)22-21(25)18-4-3-13-28-18/h5,7,14,16,18H,3-4,6,8-13H2,1-2H3,(H,22,25). The molecule has 2 aliphatic rings. The summed E-state index contributed by atoms with van der Waals surface area (Å²) < 4.78 is 16.0. The third kappa shape index (κ3) is 5.16. The normalized spacial score (nSPS) is 20.1. The van der Waals surface area contributed by atoms with Gasteiger partial charge in [-0.15, -0.1) is 0 Å². The first-order valence-corrected chi connectivity index (χ1v) is 10.0. The molecule has 2 fully saturated rings. The molecule has 2 aliphatic heterocycles. The number of carbonyl (C=O) groups is 2. The summed E-state index contributed by atoms with van der Waals surface area (Å²) >= 11 is 0. The number of amides is 2. The van der Waals surface area contributed by atoms with Crippen molar-refractivity contribution >= 4 is 11.8 Å². The van der Waals surface area contributed by atoms with Crippen molar-refractivity contribution in [3.8, 4) is 11.5 Å². The van der Waals surface area contributed by atoms with Crippen LogP contribution in [0.4, 0.5) is 0 Å². The molecule has 1 aromatic carbocycles. The number of aryl methyl sites for hydroxylation is 1. The quantitative estimate of drug-likeness (QED) is 0.770. The molecule has 2 saturated heterocycles. The summed E-state index contributed by atoms with van der Waals surface area (Å²) in [4.78, 5) is 26.6. The Balaban J connectivity index is 1.42. The Morgan fingerprint density at radius 1 is 1.14 bits per heavy atom. The molecule has 0 saturated carbocycles. The molecule has 0 spiro atoms. The van der Waals surface area contributed by atoms with Gasteiger partial charge in [0.25, 0.3) is 0 Å². The van der Waals surface area contributed by atoms with E-state index in [1.165, 1.54) is 0 Å². The Morgan fingerprint density at radius 3 is 2.54 bits per heavy atom. The Kier molecular flexibility index (Phi) is 7.14. The smallest absolute Gasteiger partial charge is 0.249 e. The lowest BCUT2D eigenvalue weighted by molar-refractivity contribution is -0.133. The molecule has 0 aromatic heterocycles. The lowest BCUT2D eigenvalue weighted by atomic mass is 10.0. The van der Waals surface area contributed by atoms with E-state index < -0.39 is 0 Å². The van der Waals surface area contributed by atoms with Crippen molar-refractivity contribution in [1.29, 1.82) is 0 Å². The highest BCUT2D eigenvalue weighted by Crippen LogP contribution is 2.28. The maximum absolute atomic E-state index is 12.5. The number of methoxy groups -OCH3 is 2. The van der Waals surface area contributed by atoms with Crippen LogP contribution in [0.15, 0.2) is 18.2 Å². The van der Waals surface area contributed by atoms with Gasteiger partial charge >= 0.3 is 0 Å². The topological polar surface area (TPSA) is 77.1 Å². The molecular weight excluding hydrogens is 360 g/mol. The summed E-state index contributed by atoms with van der Waals surface area (Å²) in [5, 5.41) is 3.07. The number of hydrogen-bond acceptors (Lipinski definition) is 5. The van der Waals surface area contributed by atoms with E-state index in [0.717, 1.165) is 31.2 Å². The fourth-order valence-electron chi connectivity index (χ4n) is 3.80. The first-order chi connectivity index (χ1) is 13.6. The Labute approximate surface area is 166 Å². The molecule has 1 N–H and O–H groups in total. The van der Waals surface area contributed by atoms with Crippen LogP contribution in [0.1, 0.15) is 37.7 Å². The van der Waals surface area contributed by atoms with Gasteiger partial charge in [0.05, 0.1) is 14.2 Å². The molecule has 3 rings (SSSR count). The summed E-state index contributed by atoms with van der Waals surface area (Å²) in [5.41, 5.74) is 1.05. The molecular formula is C21H30N2O5. The molecule has 0 radical (unpaired) electrons. The lowest BCUT2D eigenvalue weighted by Crippen LogP contribution is -2.48. The number of rotatable bonds is 7. The second kappa shape index (κ2) is 9.78. The number of benzene rings is 1. The number of piperidine rings is 1. The van der Waals surface area contributed by atoms with E-state index in [0.29, 0.717) is 44.0 Å². The number of likely N-dealkylation sites (tertiary alicyclic amines) is 1. The molecule has 2 heterocycles.